The van der Waals surface area contributed by atoms with Gasteiger partial charge in [0.05, 0.1) is 25.6 Å². The molecule has 0 saturated carbocycles. The highest BCUT2D eigenvalue weighted by Gasteiger charge is 2.19. The Kier molecular flexibility index (Phi) is 8.30. The SMILES string of the molecule is CCOC(=O)C[C@@H](NC(=O)NCc1cccn1Cc1c(C)cc(C)cc1C)c1ccccc1. The summed E-state index contributed by atoms with van der Waals surface area (Å²) >= 11 is 0. The third kappa shape index (κ3) is 6.72. The first-order valence-electron chi connectivity index (χ1n) is 11.3. The summed E-state index contributed by atoms with van der Waals surface area (Å²) in [6.07, 6.45) is 2.11. The van der Waals surface area contributed by atoms with Crippen LogP contribution in [0.1, 0.15) is 52.9 Å². The Bertz CT molecular complexity index is 1070. The summed E-state index contributed by atoms with van der Waals surface area (Å²) in [5, 5.41) is 5.85. The Hall–Kier alpha value is -3.54. The Morgan fingerprint density at radius 1 is 1.00 bits per heavy atom. The van der Waals surface area contributed by atoms with E-state index in [4.69, 9.17) is 4.74 Å². The minimum absolute atomic E-state index is 0.0770. The number of amides is 2. The number of carbonyl (C=O) groups is 2. The van der Waals surface area contributed by atoms with Crippen molar-refractivity contribution >= 4 is 12.0 Å². The zero-order valence-electron chi connectivity index (χ0n) is 19.9. The molecule has 1 heterocycles. The van der Waals surface area contributed by atoms with Crippen molar-refractivity contribution in [3.8, 4) is 0 Å². The van der Waals surface area contributed by atoms with E-state index < -0.39 is 6.04 Å². The summed E-state index contributed by atoms with van der Waals surface area (Å²) in [6, 6.07) is 17.0. The number of nitrogens with zero attached hydrogens (tertiary/aromatic N) is 1. The number of hydrogen-bond acceptors (Lipinski definition) is 3. The summed E-state index contributed by atoms with van der Waals surface area (Å²) in [6.45, 7) is 9.59. The summed E-state index contributed by atoms with van der Waals surface area (Å²) in [5.41, 5.74) is 6.95. The highest BCUT2D eigenvalue weighted by atomic mass is 16.5. The first-order valence-corrected chi connectivity index (χ1v) is 11.3. The molecule has 0 unspecified atom stereocenters. The van der Waals surface area contributed by atoms with Gasteiger partial charge in [-0.25, -0.2) is 4.79 Å². The van der Waals surface area contributed by atoms with Crippen molar-refractivity contribution < 1.29 is 14.3 Å². The number of esters is 1. The molecule has 1 aromatic heterocycles. The van der Waals surface area contributed by atoms with Gasteiger partial charge in [-0.3, -0.25) is 4.79 Å². The molecule has 0 aliphatic rings. The molecule has 0 aliphatic carbocycles. The Labute approximate surface area is 196 Å². The highest BCUT2D eigenvalue weighted by Crippen LogP contribution is 2.19. The fourth-order valence-corrected chi connectivity index (χ4v) is 4.10. The second-order valence-electron chi connectivity index (χ2n) is 8.30. The molecule has 2 aromatic carbocycles. The second kappa shape index (κ2) is 11.4. The van der Waals surface area contributed by atoms with Gasteiger partial charge in [0, 0.05) is 18.4 Å². The molecular weight excluding hydrogens is 414 g/mol. The predicted molar refractivity (Wildman–Crippen MR) is 130 cm³/mol. The fourth-order valence-electron chi connectivity index (χ4n) is 4.10. The zero-order chi connectivity index (χ0) is 23.8. The van der Waals surface area contributed by atoms with Crippen LogP contribution in [-0.2, 0) is 22.6 Å². The number of aryl methyl sites for hydroxylation is 3. The third-order valence-corrected chi connectivity index (χ3v) is 5.71. The number of rotatable bonds is 9. The van der Waals surface area contributed by atoms with Gasteiger partial charge in [-0.2, -0.15) is 0 Å². The quantitative estimate of drug-likeness (QED) is 0.456. The van der Waals surface area contributed by atoms with Crippen molar-refractivity contribution in [3.63, 3.8) is 0 Å². The zero-order valence-corrected chi connectivity index (χ0v) is 19.9. The Morgan fingerprint density at radius 3 is 2.36 bits per heavy atom. The molecule has 6 heteroatoms. The highest BCUT2D eigenvalue weighted by molar-refractivity contribution is 5.76. The van der Waals surface area contributed by atoms with Crippen molar-refractivity contribution in [2.45, 2.75) is 53.2 Å². The third-order valence-electron chi connectivity index (χ3n) is 5.71. The maximum atomic E-state index is 12.7. The van der Waals surface area contributed by atoms with Gasteiger partial charge in [0.1, 0.15) is 0 Å². The number of nitrogens with one attached hydrogen (secondary N) is 2. The average molecular weight is 448 g/mol. The molecule has 0 fully saturated rings. The standard InChI is InChI=1S/C27H33N3O3/c1-5-33-26(31)16-25(22-10-7-6-8-11-22)29-27(32)28-17-23-12-9-13-30(23)18-24-20(3)14-19(2)15-21(24)4/h6-15,25H,5,16-18H2,1-4H3,(H2,28,29,32)/t25-/m1/s1. The molecule has 3 aromatic rings. The topological polar surface area (TPSA) is 72.4 Å². The molecule has 0 saturated heterocycles. The smallest absolute Gasteiger partial charge is 0.315 e. The number of aromatic nitrogens is 1. The van der Waals surface area contributed by atoms with Gasteiger partial charge in [-0.05, 0) is 62.1 Å². The first kappa shape index (κ1) is 24.1. The van der Waals surface area contributed by atoms with Crippen LogP contribution in [0.4, 0.5) is 4.79 Å². The van der Waals surface area contributed by atoms with E-state index in [0.717, 1.165) is 17.8 Å². The molecule has 3 rings (SSSR count). The number of urea groups is 1. The van der Waals surface area contributed by atoms with E-state index >= 15 is 0 Å². The second-order valence-corrected chi connectivity index (χ2v) is 8.30. The van der Waals surface area contributed by atoms with Gasteiger partial charge in [-0.1, -0.05) is 48.0 Å². The van der Waals surface area contributed by atoms with Crippen molar-refractivity contribution in [1.29, 1.82) is 0 Å². The lowest BCUT2D eigenvalue weighted by atomic mass is 10.00. The lowest BCUT2D eigenvalue weighted by molar-refractivity contribution is -0.143. The van der Waals surface area contributed by atoms with Crippen LogP contribution in [0.5, 0.6) is 0 Å². The molecule has 33 heavy (non-hydrogen) atoms. The van der Waals surface area contributed by atoms with Crippen LogP contribution in [0.3, 0.4) is 0 Å². The van der Waals surface area contributed by atoms with Crippen LogP contribution >= 0.6 is 0 Å². The molecule has 2 N–H and O–H groups in total. The summed E-state index contributed by atoms with van der Waals surface area (Å²) in [5.74, 6) is -0.343. The lowest BCUT2D eigenvalue weighted by Gasteiger charge is -2.19. The first-order chi connectivity index (χ1) is 15.9. The Balaban J connectivity index is 1.65. The lowest BCUT2D eigenvalue weighted by Crippen LogP contribution is -2.38. The molecular formula is C27H33N3O3. The fraction of sp³-hybridized carbons (Fsp3) is 0.333. The van der Waals surface area contributed by atoms with E-state index in [1.807, 2.05) is 48.7 Å². The van der Waals surface area contributed by atoms with Crippen LogP contribution in [0.15, 0.2) is 60.8 Å². The van der Waals surface area contributed by atoms with Crippen molar-refractivity contribution in [2.75, 3.05) is 6.61 Å². The molecule has 2 amide bonds. The number of ether oxygens (including phenoxy) is 1. The molecule has 0 radical (unpaired) electrons. The van der Waals surface area contributed by atoms with Gasteiger partial charge in [-0.15, -0.1) is 0 Å². The van der Waals surface area contributed by atoms with Gasteiger partial charge in [0.15, 0.2) is 0 Å². The largest absolute Gasteiger partial charge is 0.466 e. The van der Waals surface area contributed by atoms with Crippen molar-refractivity contribution in [1.82, 2.24) is 15.2 Å². The van der Waals surface area contributed by atoms with E-state index in [0.29, 0.717) is 13.2 Å². The van der Waals surface area contributed by atoms with Crippen LogP contribution in [0.25, 0.3) is 0 Å². The molecule has 0 aliphatic heterocycles. The molecule has 1 atom stereocenters. The van der Waals surface area contributed by atoms with Gasteiger partial charge >= 0.3 is 12.0 Å². The van der Waals surface area contributed by atoms with E-state index in [1.54, 1.807) is 6.92 Å². The number of hydrogen-bond donors (Lipinski definition) is 2. The summed E-state index contributed by atoms with van der Waals surface area (Å²) < 4.78 is 7.23. The molecule has 0 bridgehead atoms. The van der Waals surface area contributed by atoms with Crippen LogP contribution in [0, 0.1) is 20.8 Å². The summed E-state index contributed by atoms with van der Waals surface area (Å²) in [7, 11) is 0. The molecule has 6 nitrogen and oxygen atoms in total. The summed E-state index contributed by atoms with van der Waals surface area (Å²) in [4.78, 5) is 24.7. The average Bonchev–Trinajstić information content (AvgIpc) is 3.22. The predicted octanol–water partition coefficient (Wildman–Crippen LogP) is 4.96. The van der Waals surface area contributed by atoms with Gasteiger partial charge in [0.2, 0.25) is 0 Å². The minimum Gasteiger partial charge on any atom is -0.466 e. The van der Waals surface area contributed by atoms with E-state index in [-0.39, 0.29) is 18.4 Å². The Morgan fingerprint density at radius 2 is 1.70 bits per heavy atom. The molecule has 174 valence electrons. The monoisotopic (exact) mass is 447 g/mol. The normalized spacial score (nSPS) is 11.6. The van der Waals surface area contributed by atoms with Crippen LogP contribution in [0.2, 0.25) is 0 Å². The number of benzene rings is 2. The van der Waals surface area contributed by atoms with E-state index in [2.05, 4.69) is 48.1 Å². The van der Waals surface area contributed by atoms with Gasteiger partial charge < -0.3 is 19.9 Å². The molecule has 0 spiro atoms. The van der Waals surface area contributed by atoms with Gasteiger partial charge in [0.25, 0.3) is 0 Å². The van der Waals surface area contributed by atoms with E-state index in [1.165, 1.54) is 22.3 Å². The van der Waals surface area contributed by atoms with E-state index in [9.17, 15) is 9.59 Å². The number of carbonyl (C=O) groups excluding carboxylic acids is 2. The maximum Gasteiger partial charge on any atom is 0.315 e. The maximum absolute atomic E-state index is 12.7. The van der Waals surface area contributed by atoms with Crippen molar-refractivity contribution in [3.05, 3.63) is 94.3 Å². The minimum atomic E-state index is -0.463. The van der Waals surface area contributed by atoms with Crippen LogP contribution < -0.4 is 10.6 Å². The van der Waals surface area contributed by atoms with Crippen LogP contribution in [-0.4, -0.2) is 23.2 Å². The van der Waals surface area contributed by atoms with Crippen molar-refractivity contribution in [2.24, 2.45) is 0 Å².